The monoisotopic (exact) mass is 497 g/mol. The first kappa shape index (κ1) is 25.1. The predicted octanol–water partition coefficient (Wildman–Crippen LogP) is 5.23. The largest absolute Gasteiger partial charge is 0.349 e. The molecular formula is C30H28ClN3O2. The fraction of sp³-hybridized carbons (Fsp3) is 0.167. The van der Waals surface area contributed by atoms with Crippen LogP contribution < -0.4 is 5.32 Å². The van der Waals surface area contributed by atoms with Crippen LogP contribution >= 0.6 is 11.6 Å². The zero-order valence-electron chi connectivity index (χ0n) is 19.9. The fourth-order valence-electron chi connectivity index (χ4n) is 4.01. The summed E-state index contributed by atoms with van der Waals surface area (Å²) in [5.74, 6) is -0.343. The maximum atomic E-state index is 13.7. The van der Waals surface area contributed by atoms with E-state index in [1.54, 1.807) is 23.2 Å². The third-order valence-corrected chi connectivity index (χ3v) is 6.16. The molecular weight excluding hydrogens is 470 g/mol. The molecule has 0 saturated heterocycles. The van der Waals surface area contributed by atoms with Gasteiger partial charge >= 0.3 is 0 Å². The lowest BCUT2D eigenvalue weighted by Crippen LogP contribution is -2.50. The quantitative estimate of drug-likeness (QED) is 0.326. The normalized spacial score (nSPS) is 11.5. The maximum absolute atomic E-state index is 13.7. The molecule has 4 aromatic rings. The molecule has 36 heavy (non-hydrogen) atoms. The first-order valence-electron chi connectivity index (χ1n) is 11.9. The van der Waals surface area contributed by atoms with Crippen molar-refractivity contribution in [2.24, 2.45) is 0 Å². The molecule has 2 amide bonds. The van der Waals surface area contributed by atoms with Gasteiger partial charge in [0.25, 0.3) is 0 Å². The second-order valence-electron chi connectivity index (χ2n) is 8.55. The summed E-state index contributed by atoms with van der Waals surface area (Å²) in [6, 6.07) is 31.6. The first-order chi connectivity index (χ1) is 17.6. The van der Waals surface area contributed by atoms with Crippen LogP contribution in [0, 0.1) is 0 Å². The molecule has 1 atom stereocenters. The van der Waals surface area contributed by atoms with Gasteiger partial charge in [0.05, 0.1) is 18.7 Å². The summed E-state index contributed by atoms with van der Waals surface area (Å²) < 4.78 is 0. The highest BCUT2D eigenvalue weighted by molar-refractivity contribution is 6.30. The van der Waals surface area contributed by atoms with E-state index in [0.717, 1.165) is 22.4 Å². The Balaban J connectivity index is 1.63. The highest BCUT2D eigenvalue weighted by atomic mass is 35.5. The Morgan fingerprint density at radius 3 is 2.06 bits per heavy atom. The third-order valence-electron chi connectivity index (χ3n) is 5.91. The molecule has 1 heterocycles. The lowest BCUT2D eigenvalue weighted by molar-refractivity contribution is -0.140. The highest BCUT2D eigenvalue weighted by Crippen LogP contribution is 2.18. The Morgan fingerprint density at radius 2 is 1.42 bits per heavy atom. The van der Waals surface area contributed by atoms with E-state index < -0.39 is 6.04 Å². The maximum Gasteiger partial charge on any atom is 0.243 e. The van der Waals surface area contributed by atoms with Crippen LogP contribution in [0.1, 0.15) is 22.4 Å². The van der Waals surface area contributed by atoms with Crippen LogP contribution in [0.2, 0.25) is 5.02 Å². The summed E-state index contributed by atoms with van der Waals surface area (Å²) in [4.78, 5) is 33.3. The van der Waals surface area contributed by atoms with Crippen molar-refractivity contribution in [3.05, 3.63) is 137 Å². The molecule has 0 spiro atoms. The number of halogens is 1. The lowest BCUT2D eigenvalue weighted by atomic mass is 10.0. The molecule has 0 radical (unpaired) electrons. The van der Waals surface area contributed by atoms with E-state index in [-0.39, 0.29) is 31.3 Å². The number of nitrogens with zero attached hydrogens (tertiary/aromatic N) is 2. The lowest BCUT2D eigenvalue weighted by Gasteiger charge is -2.31. The van der Waals surface area contributed by atoms with Crippen molar-refractivity contribution < 1.29 is 9.59 Å². The summed E-state index contributed by atoms with van der Waals surface area (Å²) in [6.45, 7) is 0.573. The number of pyridine rings is 1. The molecule has 0 fully saturated rings. The van der Waals surface area contributed by atoms with Crippen molar-refractivity contribution in [1.29, 1.82) is 0 Å². The first-order valence-corrected chi connectivity index (χ1v) is 12.3. The number of benzene rings is 3. The summed E-state index contributed by atoms with van der Waals surface area (Å²) in [6.07, 6.45) is 2.29. The van der Waals surface area contributed by atoms with Gasteiger partial charge in [-0.05, 0) is 41.0 Å². The molecule has 1 unspecified atom stereocenters. The van der Waals surface area contributed by atoms with Gasteiger partial charge in [-0.15, -0.1) is 0 Å². The topological polar surface area (TPSA) is 62.3 Å². The molecule has 1 aromatic heterocycles. The van der Waals surface area contributed by atoms with Crippen LogP contribution in [0.15, 0.2) is 109 Å². The van der Waals surface area contributed by atoms with E-state index >= 15 is 0 Å². The van der Waals surface area contributed by atoms with Gasteiger partial charge in [-0.1, -0.05) is 90.5 Å². The molecule has 6 heteroatoms. The van der Waals surface area contributed by atoms with Crippen LogP contribution in [0.25, 0.3) is 0 Å². The summed E-state index contributed by atoms with van der Waals surface area (Å²) in [7, 11) is 0. The molecule has 5 nitrogen and oxygen atoms in total. The number of hydrogen-bond donors (Lipinski definition) is 1. The van der Waals surface area contributed by atoms with Crippen molar-refractivity contribution >= 4 is 23.4 Å². The van der Waals surface area contributed by atoms with Gasteiger partial charge in [-0.3, -0.25) is 14.6 Å². The third kappa shape index (κ3) is 7.27. The Morgan fingerprint density at radius 1 is 0.778 bits per heavy atom. The summed E-state index contributed by atoms with van der Waals surface area (Å²) >= 11 is 6.09. The van der Waals surface area contributed by atoms with Crippen LogP contribution in [-0.2, 0) is 35.5 Å². The van der Waals surface area contributed by atoms with Crippen molar-refractivity contribution in [3.63, 3.8) is 0 Å². The molecule has 0 aliphatic heterocycles. The average molecular weight is 498 g/mol. The van der Waals surface area contributed by atoms with Crippen molar-refractivity contribution in [2.45, 2.75) is 32.0 Å². The molecule has 4 rings (SSSR count). The van der Waals surface area contributed by atoms with Crippen LogP contribution in [-0.4, -0.2) is 27.7 Å². The van der Waals surface area contributed by atoms with Gasteiger partial charge in [0, 0.05) is 24.2 Å². The molecule has 182 valence electrons. The number of hydrogen-bond acceptors (Lipinski definition) is 3. The number of rotatable bonds is 10. The number of carbonyl (C=O) groups excluding carboxylic acids is 2. The van der Waals surface area contributed by atoms with Gasteiger partial charge in [0.1, 0.15) is 6.04 Å². The standard InChI is InChI=1S/C30H28ClN3O2/c31-26-16-14-25(15-17-26)22-34(29(35)20-24-11-5-2-6-12-24)28(19-23-9-3-1-4-10-23)30(36)33-21-27-13-7-8-18-32-27/h1-18,28H,19-22H2,(H,33,36). The average Bonchev–Trinajstić information content (AvgIpc) is 2.92. The van der Waals surface area contributed by atoms with Gasteiger partial charge in [-0.25, -0.2) is 0 Å². The van der Waals surface area contributed by atoms with E-state index in [9.17, 15) is 9.59 Å². The second-order valence-corrected chi connectivity index (χ2v) is 8.99. The minimum atomic E-state index is -0.706. The molecule has 0 aliphatic rings. The minimum Gasteiger partial charge on any atom is -0.349 e. The second kappa shape index (κ2) is 12.7. The van der Waals surface area contributed by atoms with E-state index in [2.05, 4.69) is 10.3 Å². The molecule has 0 saturated carbocycles. The van der Waals surface area contributed by atoms with Crippen molar-refractivity contribution in [3.8, 4) is 0 Å². The minimum absolute atomic E-state index is 0.120. The van der Waals surface area contributed by atoms with Gasteiger partial charge in [-0.2, -0.15) is 0 Å². The zero-order valence-corrected chi connectivity index (χ0v) is 20.6. The molecule has 0 bridgehead atoms. The van der Waals surface area contributed by atoms with Crippen LogP contribution in [0.5, 0.6) is 0 Å². The summed E-state index contributed by atoms with van der Waals surface area (Å²) in [5, 5.41) is 3.62. The van der Waals surface area contributed by atoms with E-state index in [4.69, 9.17) is 11.6 Å². The number of amides is 2. The van der Waals surface area contributed by atoms with E-state index in [1.807, 2.05) is 91.0 Å². The highest BCUT2D eigenvalue weighted by Gasteiger charge is 2.30. The molecule has 3 aromatic carbocycles. The Bertz CT molecular complexity index is 1250. The van der Waals surface area contributed by atoms with Crippen LogP contribution in [0.3, 0.4) is 0 Å². The number of aromatic nitrogens is 1. The zero-order chi connectivity index (χ0) is 25.2. The van der Waals surface area contributed by atoms with Gasteiger partial charge < -0.3 is 10.2 Å². The molecule has 0 aliphatic carbocycles. The van der Waals surface area contributed by atoms with Crippen molar-refractivity contribution in [2.75, 3.05) is 0 Å². The van der Waals surface area contributed by atoms with E-state index in [1.165, 1.54) is 0 Å². The predicted molar refractivity (Wildman–Crippen MR) is 142 cm³/mol. The Hall–Kier alpha value is -3.96. The van der Waals surface area contributed by atoms with Crippen molar-refractivity contribution in [1.82, 2.24) is 15.2 Å². The number of carbonyl (C=O) groups is 2. The smallest absolute Gasteiger partial charge is 0.243 e. The van der Waals surface area contributed by atoms with Gasteiger partial charge in [0.15, 0.2) is 0 Å². The molecule has 1 N–H and O–H groups in total. The Kier molecular flexibility index (Phi) is 8.84. The Labute approximate surface area is 216 Å². The number of nitrogens with one attached hydrogen (secondary N) is 1. The van der Waals surface area contributed by atoms with Gasteiger partial charge in [0.2, 0.25) is 11.8 Å². The van der Waals surface area contributed by atoms with Crippen LogP contribution in [0.4, 0.5) is 0 Å². The van der Waals surface area contributed by atoms with E-state index in [0.29, 0.717) is 11.4 Å². The summed E-state index contributed by atoms with van der Waals surface area (Å²) in [5.41, 5.74) is 3.53. The fourth-order valence-corrected chi connectivity index (χ4v) is 4.14. The SMILES string of the molecule is O=C(NCc1ccccn1)C(Cc1ccccc1)N(Cc1ccc(Cl)cc1)C(=O)Cc1ccccc1.